The van der Waals surface area contributed by atoms with Gasteiger partial charge in [0.15, 0.2) is 0 Å². The van der Waals surface area contributed by atoms with Crippen LogP contribution in [0.1, 0.15) is 26.3 Å². The van der Waals surface area contributed by atoms with E-state index in [1.54, 1.807) is 16.7 Å². The quantitative estimate of drug-likeness (QED) is 0.515. The van der Waals surface area contributed by atoms with Crippen molar-refractivity contribution in [2.24, 2.45) is 5.92 Å². The molecule has 1 aliphatic heterocycles. The Bertz CT molecular complexity index is 823. The van der Waals surface area contributed by atoms with Crippen LogP contribution in [0.25, 0.3) is 0 Å². The van der Waals surface area contributed by atoms with E-state index in [0.717, 1.165) is 12.1 Å². The maximum absolute atomic E-state index is 12.9. The van der Waals surface area contributed by atoms with Crippen molar-refractivity contribution in [1.29, 1.82) is 0 Å². The lowest BCUT2D eigenvalue weighted by atomic mass is 10.1. The van der Waals surface area contributed by atoms with Crippen LogP contribution in [0.3, 0.4) is 0 Å². The highest BCUT2D eigenvalue weighted by Crippen LogP contribution is 2.36. The van der Waals surface area contributed by atoms with Crippen LogP contribution in [-0.4, -0.2) is 60.5 Å². The van der Waals surface area contributed by atoms with Crippen LogP contribution in [0, 0.1) is 16.0 Å². The van der Waals surface area contributed by atoms with Crippen molar-refractivity contribution in [3.63, 3.8) is 0 Å². The van der Waals surface area contributed by atoms with Gasteiger partial charge in [0.2, 0.25) is 5.91 Å². The van der Waals surface area contributed by atoms with Crippen LogP contribution in [-0.2, 0) is 11.0 Å². The first-order valence-corrected chi connectivity index (χ1v) is 9.83. The minimum atomic E-state index is -4.67. The Morgan fingerprint density at radius 3 is 2.29 bits per heavy atom. The number of alkyl halides is 3. The van der Waals surface area contributed by atoms with Crippen LogP contribution in [0.4, 0.5) is 29.3 Å². The lowest BCUT2D eigenvalue weighted by Crippen LogP contribution is -2.55. The van der Waals surface area contributed by atoms with Gasteiger partial charge in [-0.2, -0.15) is 13.2 Å². The number of nitro groups is 1. The molecular formula is C19H26F3N5O4. The normalized spacial score (nSPS) is 16.2. The molecule has 1 unspecified atom stereocenters. The summed E-state index contributed by atoms with van der Waals surface area (Å²) in [5, 5.41) is 16.2. The van der Waals surface area contributed by atoms with Crippen molar-refractivity contribution in [2.45, 2.75) is 33.0 Å². The highest BCUT2D eigenvalue weighted by molar-refractivity contribution is 5.96. The summed E-state index contributed by atoms with van der Waals surface area (Å²) < 4.78 is 38.7. The number of halogens is 3. The third kappa shape index (κ3) is 6.54. The summed E-state index contributed by atoms with van der Waals surface area (Å²) in [6, 6.07) is 1.26. The molecule has 1 fully saturated rings. The van der Waals surface area contributed by atoms with E-state index in [-0.39, 0.29) is 24.7 Å². The number of nitrogens with one attached hydrogen (secondary N) is 2. The van der Waals surface area contributed by atoms with Gasteiger partial charge in [-0.1, -0.05) is 13.8 Å². The van der Waals surface area contributed by atoms with Crippen LogP contribution in [0.5, 0.6) is 0 Å². The summed E-state index contributed by atoms with van der Waals surface area (Å²) in [5.41, 5.74) is -1.60. The van der Waals surface area contributed by atoms with Gasteiger partial charge in [-0.25, -0.2) is 4.79 Å². The van der Waals surface area contributed by atoms with E-state index in [4.69, 9.17) is 0 Å². The Morgan fingerprint density at radius 1 is 1.16 bits per heavy atom. The molecule has 0 radical (unpaired) electrons. The van der Waals surface area contributed by atoms with Crippen LogP contribution >= 0.6 is 0 Å². The fourth-order valence-corrected chi connectivity index (χ4v) is 3.19. The number of benzene rings is 1. The smallest absolute Gasteiger partial charge is 0.363 e. The number of piperazine rings is 1. The number of anilines is 1. The fraction of sp³-hybridized carbons (Fsp3) is 0.579. The topological polar surface area (TPSA) is 108 Å². The number of hydrogen-bond donors (Lipinski definition) is 2. The number of hydrogen-bond acceptors (Lipinski definition) is 6. The Balaban J connectivity index is 2.00. The van der Waals surface area contributed by atoms with E-state index in [2.05, 4.69) is 10.6 Å². The van der Waals surface area contributed by atoms with Gasteiger partial charge < -0.3 is 10.2 Å². The van der Waals surface area contributed by atoms with Crippen molar-refractivity contribution in [3.8, 4) is 0 Å². The maximum atomic E-state index is 12.9. The number of nitro benzene ring substituents is 1. The highest BCUT2D eigenvalue weighted by Gasteiger charge is 2.35. The number of amides is 3. The molecule has 0 aromatic heterocycles. The molecule has 1 aromatic carbocycles. The zero-order valence-electron chi connectivity index (χ0n) is 17.5. The van der Waals surface area contributed by atoms with Crippen LogP contribution < -0.4 is 15.5 Å². The molecule has 3 amide bonds. The lowest BCUT2D eigenvalue weighted by Gasteiger charge is -2.38. The predicted octanol–water partition coefficient (Wildman–Crippen LogP) is 2.61. The predicted molar refractivity (Wildman–Crippen MR) is 108 cm³/mol. The molecule has 1 heterocycles. The third-order valence-electron chi connectivity index (χ3n) is 4.99. The van der Waals surface area contributed by atoms with Crippen molar-refractivity contribution in [3.05, 3.63) is 33.9 Å². The van der Waals surface area contributed by atoms with Gasteiger partial charge in [-0.15, -0.1) is 0 Å². The number of urea groups is 1. The largest absolute Gasteiger partial charge is 0.416 e. The molecule has 31 heavy (non-hydrogen) atoms. The van der Waals surface area contributed by atoms with Crippen molar-refractivity contribution >= 4 is 23.3 Å². The second-order valence-corrected chi connectivity index (χ2v) is 7.75. The first-order chi connectivity index (χ1) is 14.4. The van der Waals surface area contributed by atoms with Gasteiger partial charge in [0.1, 0.15) is 5.69 Å². The average molecular weight is 445 g/mol. The zero-order chi connectivity index (χ0) is 23.3. The van der Waals surface area contributed by atoms with Gasteiger partial charge >= 0.3 is 12.2 Å². The number of imide groups is 1. The van der Waals surface area contributed by atoms with Gasteiger partial charge in [-0.05, 0) is 25.0 Å². The van der Waals surface area contributed by atoms with Crippen molar-refractivity contribution in [2.75, 3.05) is 37.6 Å². The summed E-state index contributed by atoms with van der Waals surface area (Å²) in [6.07, 6.45) is -4.67. The summed E-state index contributed by atoms with van der Waals surface area (Å²) in [5.74, 6) is -0.240. The Kier molecular flexibility index (Phi) is 7.82. The third-order valence-corrected chi connectivity index (χ3v) is 4.99. The summed E-state index contributed by atoms with van der Waals surface area (Å²) in [7, 11) is 0. The van der Waals surface area contributed by atoms with E-state index >= 15 is 0 Å². The molecule has 1 atom stereocenters. The molecular weight excluding hydrogens is 419 g/mol. The maximum Gasteiger partial charge on any atom is 0.416 e. The number of carbonyl (C=O) groups excluding carboxylic acids is 2. The molecule has 1 saturated heterocycles. The minimum absolute atomic E-state index is 0.0998. The molecule has 2 N–H and O–H groups in total. The first-order valence-electron chi connectivity index (χ1n) is 9.83. The Hall–Kier alpha value is -2.89. The Labute approximate surface area is 177 Å². The lowest BCUT2D eigenvalue weighted by molar-refractivity contribution is -0.384. The van der Waals surface area contributed by atoms with E-state index in [1.807, 2.05) is 13.8 Å². The molecule has 0 spiro atoms. The van der Waals surface area contributed by atoms with Gasteiger partial charge in [0, 0.05) is 38.8 Å². The highest BCUT2D eigenvalue weighted by atomic mass is 19.4. The van der Waals surface area contributed by atoms with Crippen molar-refractivity contribution < 1.29 is 27.7 Å². The fourth-order valence-electron chi connectivity index (χ4n) is 3.19. The van der Waals surface area contributed by atoms with E-state index in [1.165, 1.54) is 0 Å². The molecule has 1 aliphatic rings. The standard InChI is InChI=1S/C19H26F3N5O4/c1-12(2)11-23-18(29)24-17(28)13(3)25-6-8-26(9-7-25)15-5-4-14(19(20,21)22)10-16(15)27(30)31/h4-5,10,12-13H,6-9,11H2,1-3H3,(H2,23,24,28,29). The molecule has 9 nitrogen and oxygen atoms in total. The molecule has 12 heteroatoms. The second kappa shape index (κ2) is 9.94. The zero-order valence-corrected chi connectivity index (χ0v) is 17.5. The molecule has 2 rings (SSSR count). The van der Waals surface area contributed by atoms with Crippen LogP contribution in [0.15, 0.2) is 18.2 Å². The minimum Gasteiger partial charge on any atom is -0.363 e. The first kappa shape index (κ1) is 24.4. The van der Waals surface area contributed by atoms with Crippen LogP contribution in [0.2, 0.25) is 0 Å². The number of rotatable bonds is 6. The number of carbonyl (C=O) groups is 2. The summed E-state index contributed by atoms with van der Waals surface area (Å²) in [4.78, 5) is 38.0. The van der Waals surface area contributed by atoms with Gasteiger partial charge in [0.25, 0.3) is 5.69 Å². The summed E-state index contributed by atoms with van der Waals surface area (Å²) >= 11 is 0. The van der Waals surface area contributed by atoms with E-state index in [9.17, 15) is 32.9 Å². The Morgan fingerprint density at radius 2 is 1.77 bits per heavy atom. The average Bonchev–Trinajstić information content (AvgIpc) is 2.70. The SMILES string of the molecule is CC(C)CNC(=O)NC(=O)C(C)N1CCN(c2ccc(C(F)(F)F)cc2[N+](=O)[O-])CC1. The van der Waals surface area contributed by atoms with Crippen molar-refractivity contribution in [1.82, 2.24) is 15.5 Å². The molecule has 1 aromatic rings. The monoisotopic (exact) mass is 445 g/mol. The second-order valence-electron chi connectivity index (χ2n) is 7.75. The number of nitrogens with zero attached hydrogens (tertiary/aromatic N) is 3. The van der Waals surface area contributed by atoms with E-state index in [0.29, 0.717) is 25.7 Å². The molecule has 0 saturated carbocycles. The molecule has 0 bridgehead atoms. The van der Waals surface area contributed by atoms with E-state index < -0.39 is 40.3 Å². The summed E-state index contributed by atoms with van der Waals surface area (Å²) in [6.45, 7) is 7.17. The molecule has 0 aliphatic carbocycles. The molecule has 172 valence electrons. The van der Waals surface area contributed by atoms with Gasteiger partial charge in [-0.3, -0.25) is 25.1 Å². The van der Waals surface area contributed by atoms with Gasteiger partial charge in [0.05, 0.1) is 16.5 Å².